The summed E-state index contributed by atoms with van der Waals surface area (Å²) in [6, 6.07) is -0.999. The number of carbonyl (C=O) groups is 2. The summed E-state index contributed by atoms with van der Waals surface area (Å²) in [5, 5.41) is 11.1. The topological polar surface area (TPSA) is 69.6 Å². The third kappa shape index (κ3) is 7.13. The summed E-state index contributed by atoms with van der Waals surface area (Å²) in [6.45, 7) is -2.31. The SMILES string of the molecule is O=C(O)CN(CC(F)(F)F)C(=O)NCC1CSCCS1. The van der Waals surface area contributed by atoms with Crippen molar-refractivity contribution in [2.24, 2.45) is 0 Å². The molecule has 20 heavy (non-hydrogen) atoms. The summed E-state index contributed by atoms with van der Waals surface area (Å²) in [5.74, 6) is 1.30. The van der Waals surface area contributed by atoms with Crippen molar-refractivity contribution in [3.63, 3.8) is 0 Å². The lowest BCUT2D eigenvalue weighted by molar-refractivity contribution is -0.148. The Balaban J connectivity index is 2.47. The summed E-state index contributed by atoms with van der Waals surface area (Å²) in [5.41, 5.74) is 0. The number of hydrogen-bond acceptors (Lipinski definition) is 4. The molecule has 10 heteroatoms. The van der Waals surface area contributed by atoms with Crippen LogP contribution < -0.4 is 5.32 Å². The van der Waals surface area contributed by atoms with E-state index in [1.807, 2.05) is 0 Å². The van der Waals surface area contributed by atoms with Gasteiger partial charge in [0.15, 0.2) is 0 Å². The molecule has 1 aliphatic heterocycles. The van der Waals surface area contributed by atoms with Crippen LogP contribution in [-0.2, 0) is 4.79 Å². The number of hydrogen-bond donors (Lipinski definition) is 2. The summed E-state index contributed by atoms with van der Waals surface area (Å²) in [7, 11) is 0. The standard InChI is InChI=1S/C10H15F3N2O3S2/c11-10(12,13)6-15(4-8(16)17)9(18)14-3-7-5-19-1-2-20-7/h7H,1-6H2,(H,14,18)(H,16,17). The molecule has 0 spiro atoms. The molecule has 1 aliphatic rings. The fourth-order valence-electron chi connectivity index (χ4n) is 1.55. The zero-order valence-corrected chi connectivity index (χ0v) is 12.1. The third-order valence-corrected chi connectivity index (χ3v) is 5.19. The molecular weight excluding hydrogens is 317 g/mol. The largest absolute Gasteiger partial charge is 0.480 e. The van der Waals surface area contributed by atoms with E-state index in [0.29, 0.717) is 0 Å². The van der Waals surface area contributed by atoms with Crippen molar-refractivity contribution < 1.29 is 27.9 Å². The molecule has 0 aromatic carbocycles. The maximum Gasteiger partial charge on any atom is 0.406 e. The first-order chi connectivity index (χ1) is 9.28. The number of urea groups is 1. The first kappa shape index (κ1) is 17.3. The van der Waals surface area contributed by atoms with Gasteiger partial charge in [0.05, 0.1) is 0 Å². The van der Waals surface area contributed by atoms with E-state index in [0.717, 1.165) is 17.3 Å². The van der Waals surface area contributed by atoms with E-state index in [9.17, 15) is 22.8 Å². The Morgan fingerprint density at radius 3 is 2.55 bits per heavy atom. The molecule has 0 aromatic heterocycles. The fraction of sp³-hybridized carbons (Fsp3) is 0.800. The minimum absolute atomic E-state index is 0.148. The predicted octanol–water partition coefficient (Wildman–Crippen LogP) is 1.49. The van der Waals surface area contributed by atoms with Gasteiger partial charge >= 0.3 is 18.2 Å². The summed E-state index contributed by atoms with van der Waals surface area (Å²) in [6.07, 6.45) is -4.62. The summed E-state index contributed by atoms with van der Waals surface area (Å²) in [4.78, 5) is 22.4. The van der Waals surface area contributed by atoms with Gasteiger partial charge in [0, 0.05) is 29.1 Å². The van der Waals surface area contributed by atoms with Crippen molar-refractivity contribution in [3.8, 4) is 0 Å². The highest BCUT2D eigenvalue weighted by molar-refractivity contribution is 8.06. The van der Waals surface area contributed by atoms with E-state index in [4.69, 9.17) is 5.11 Å². The number of carbonyl (C=O) groups excluding carboxylic acids is 1. The van der Waals surface area contributed by atoms with Crippen molar-refractivity contribution in [2.45, 2.75) is 11.4 Å². The Bertz CT molecular complexity index is 349. The van der Waals surface area contributed by atoms with Gasteiger partial charge in [-0.05, 0) is 0 Å². The second-order valence-corrected chi connectivity index (χ2v) is 6.68. The molecule has 0 aromatic rings. The second-order valence-electron chi connectivity index (χ2n) is 4.12. The lowest BCUT2D eigenvalue weighted by Crippen LogP contribution is -2.48. The van der Waals surface area contributed by atoms with Crippen molar-refractivity contribution in [3.05, 3.63) is 0 Å². The predicted molar refractivity (Wildman–Crippen MR) is 72.2 cm³/mol. The number of alkyl halides is 3. The molecule has 1 rings (SSSR count). The molecule has 1 atom stereocenters. The van der Waals surface area contributed by atoms with Gasteiger partial charge in [0.25, 0.3) is 0 Å². The number of halogens is 3. The average molecular weight is 332 g/mol. The highest BCUT2D eigenvalue weighted by Gasteiger charge is 2.34. The van der Waals surface area contributed by atoms with Gasteiger partial charge in [0.1, 0.15) is 13.1 Å². The summed E-state index contributed by atoms with van der Waals surface area (Å²) >= 11 is 3.38. The number of carboxylic acid groups (broad SMARTS) is 1. The van der Waals surface area contributed by atoms with Crippen molar-refractivity contribution in [1.29, 1.82) is 0 Å². The van der Waals surface area contributed by atoms with E-state index in [-0.39, 0.29) is 16.7 Å². The molecule has 1 heterocycles. The molecule has 2 N–H and O–H groups in total. The normalized spacial score (nSPS) is 19.4. The van der Waals surface area contributed by atoms with Crippen LogP contribution in [0.3, 0.4) is 0 Å². The minimum Gasteiger partial charge on any atom is -0.480 e. The number of thioether (sulfide) groups is 2. The zero-order chi connectivity index (χ0) is 15.2. The van der Waals surface area contributed by atoms with Crippen LogP contribution >= 0.6 is 23.5 Å². The smallest absolute Gasteiger partial charge is 0.406 e. The number of nitrogens with zero attached hydrogens (tertiary/aromatic N) is 1. The Labute approximate surface area is 122 Å². The maximum absolute atomic E-state index is 12.3. The number of rotatable bonds is 5. The molecular formula is C10H15F3N2O3S2. The third-order valence-electron chi connectivity index (χ3n) is 2.35. The Hall–Kier alpha value is -0.770. The number of carboxylic acids is 1. The van der Waals surface area contributed by atoms with E-state index in [2.05, 4.69) is 5.32 Å². The van der Waals surface area contributed by atoms with Gasteiger partial charge in [0.2, 0.25) is 0 Å². The lowest BCUT2D eigenvalue weighted by atomic mass is 10.4. The van der Waals surface area contributed by atoms with E-state index < -0.39 is 31.3 Å². The van der Waals surface area contributed by atoms with Gasteiger partial charge in [-0.3, -0.25) is 4.79 Å². The van der Waals surface area contributed by atoms with E-state index in [1.54, 1.807) is 23.5 Å². The van der Waals surface area contributed by atoms with Crippen LogP contribution in [0.2, 0.25) is 0 Å². The van der Waals surface area contributed by atoms with Crippen LogP contribution in [0, 0.1) is 0 Å². The van der Waals surface area contributed by atoms with Gasteiger partial charge in [-0.15, -0.1) is 0 Å². The molecule has 0 radical (unpaired) electrons. The zero-order valence-electron chi connectivity index (χ0n) is 10.5. The van der Waals surface area contributed by atoms with E-state index >= 15 is 0 Å². The highest BCUT2D eigenvalue weighted by atomic mass is 32.2. The Kier molecular flexibility index (Phi) is 6.80. The van der Waals surface area contributed by atoms with Gasteiger partial charge in [-0.2, -0.15) is 36.7 Å². The Morgan fingerprint density at radius 1 is 1.35 bits per heavy atom. The van der Waals surface area contributed by atoms with Crippen LogP contribution in [0.15, 0.2) is 0 Å². The molecule has 1 saturated heterocycles. The molecule has 0 saturated carbocycles. The van der Waals surface area contributed by atoms with Crippen LogP contribution in [0.5, 0.6) is 0 Å². The van der Waals surface area contributed by atoms with Crippen LogP contribution in [0.1, 0.15) is 0 Å². The number of aliphatic carboxylic acids is 1. The number of amides is 2. The summed E-state index contributed by atoms with van der Waals surface area (Å²) < 4.78 is 36.9. The van der Waals surface area contributed by atoms with Gasteiger partial charge in [-0.1, -0.05) is 0 Å². The fourth-order valence-corrected chi connectivity index (χ4v) is 4.16. The highest BCUT2D eigenvalue weighted by Crippen LogP contribution is 2.23. The molecule has 2 amide bonds. The molecule has 1 fully saturated rings. The van der Waals surface area contributed by atoms with Crippen molar-refractivity contribution in [1.82, 2.24) is 10.2 Å². The van der Waals surface area contributed by atoms with Gasteiger partial charge in [-0.25, -0.2) is 4.79 Å². The van der Waals surface area contributed by atoms with Crippen LogP contribution in [0.4, 0.5) is 18.0 Å². The van der Waals surface area contributed by atoms with Crippen LogP contribution in [0.25, 0.3) is 0 Å². The molecule has 116 valence electrons. The lowest BCUT2D eigenvalue weighted by Gasteiger charge is -2.25. The van der Waals surface area contributed by atoms with Gasteiger partial charge < -0.3 is 15.3 Å². The quantitative estimate of drug-likeness (QED) is 0.798. The minimum atomic E-state index is -4.62. The first-order valence-electron chi connectivity index (χ1n) is 5.78. The number of nitrogens with one attached hydrogen (secondary N) is 1. The van der Waals surface area contributed by atoms with Crippen LogP contribution in [-0.4, -0.2) is 70.3 Å². The van der Waals surface area contributed by atoms with Crippen molar-refractivity contribution >= 4 is 35.5 Å². The average Bonchev–Trinajstić information content (AvgIpc) is 2.34. The monoisotopic (exact) mass is 332 g/mol. The van der Waals surface area contributed by atoms with Crippen molar-refractivity contribution in [2.75, 3.05) is 36.9 Å². The Morgan fingerprint density at radius 2 is 2.05 bits per heavy atom. The molecule has 1 unspecified atom stereocenters. The maximum atomic E-state index is 12.3. The molecule has 5 nitrogen and oxygen atoms in total. The second kappa shape index (κ2) is 7.87. The molecule has 0 bridgehead atoms. The first-order valence-corrected chi connectivity index (χ1v) is 7.99. The molecule has 0 aliphatic carbocycles. The van der Waals surface area contributed by atoms with E-state index in [1.165, 1.54) is 0 Å².